The van der Waals surface area contributed by atoms with E-state index < -0.39 is 0 Å². The van der Waals surface area contributed by atoms with E-state index in [4.69, 9.17) is 5.73 Å². The first kappa shape index (κ1) is 16.9. The number of rotatable bonds is 10. The van der Waals surface area contributed by atoms with Gasteiger partial charge < -0.3 is 16.0 Å². The molecular formula is C16H35N3. The van der Waals surface area contributed by atoms with E-state index in [9.17, 15) is 0 Å². The van der Waals surface area contributed by atoms with Gasteiger partial charge in [0.2, 0.25) is 0 Å². The maximum atomic E-state index is 5.66. The summed E-state index contributed by atoms with van der Waals surface area (Å²) in [6.07, 6.45) is 9.47. The van der Waals surface area contributed by atoms with Crippen LogP contribution in [0.5, 0.6) is 0 Å². The third-order valence-electron chi connectivity index (χ3n) is 4.47. The van der Waals surface area contributed by atoms with E-state index in [2.05, 4.69) is 24.1 Å². The predicted octanol–water partition coefficient (Wildman–Crippen LogP) is 2.61. The van der Waals surface area contributed by atoms with Crippen molar-refractivity contribution in [3.05, 3.63) is 0 Å². The van der Waals surface area contributed by atoms with Crippen molar-refractivity contribution in [2.45, 2.75) is 64.8 Å². The lowest BCUT2D eigenvalue weighted by Gasteiger charge is -2.38. The van der Waals surface area contributed by atoms with Gasteiger partial charge in [-0.2, -0.15) is 0 Å². The van der Waals surface area contributed by atoms with Crippen molar-refractivity contribution in [2.75, 3.05) is 32.7 Å². The highest BCUT2D eigenvalue weighted by atomic mass is 15.2. The lowest BCUT2D eigenvalue weighted by molar-refractivity contribution is 0.137. The highest BCUT2D eigenvalue weighted by Crippen LogP contribution is 2.20. The Balaban J connectivity index is 2.15. The van der Waals surface area contributed by atoms with E-state index in [-0.39, 0.29) is 0 Å². The zero-order chi connectivity index (χ0) is 13.9. The van der Waals surface area contributed by atoms with Crippen LogP contribution in [0.2, 0.25) is 0 Å². The first-order chi connectivity index (χ1) is 9.31. The van der Waals surface area contributed by atoms with Gasteiger partial charge in [-0.1, -0.05) is 46.0 Å². The van der Waals surface area contributed by atoms with E-state index in [1.165, 1.54) is 64.6 Å². The molecule has 0 amide bonds. The molecule has 0 aromatic carbocycles. The molecule has 2 atom stereocenters. The van der Waals surface area contributed by atoms with Crippen molar-refractivity contribution < 1.29 is 0 Å². The van der Waals surface area contributed by atoms with Crippen LogP contribution >= 0.6 is 0 Å². The maximum absolute atomic E-state index is 5.66. The Morgan fingerprint density at radius 2 is 1.95 bits per heavy atom. The van der Waals surface area contributed by atoms with Crippen molar-refractivity contribution >= 4 is 0 Å². The third-order valence-corrected chi connectivity index (χ3v) is 4.47. The Morgan fingerprint density at radius 3 is 2.63 bits per heavy atom. The monoisotopic (exact) mass is 269 g/mol. The lowest BCUT2D eigenvalue weighted by Crippen LogP contribution is -2.50. The van der Waals surface area contributed by atoms with Gasteiger partial charge in [-0.05, 0) is 31.8 Å². The van der Waals surface area contributed by atoms with Gasteiger partial charge in [-0.25, -0.2) is 0 Å². The summed E-state index contributed by atoms with van der Waals surface area (Å²) >= 11 is 0. The SMILES string of the molecule is CCCCCCCNC1CCN(CCN)CC1CC. The predicted molar refractivity (Wildman–Crippen MR) is 84.4 cm³/mol. The minimum atomic E-state index is 0.741. The van der Waals surface area contributed by atoms with Crippen LogP contribution in [0.4, 0.5) is 0 Å². The van der Waals surface area contributed by atoms with Gasteiger partial charge in [0.25, 0.3) is 0 Å². The molecule has 3 N–H and O–H groups in total. The number of piperidine rings is 1. The molecule has 0 bridgehead atoms. The molecule has 1 rings (SSSR count). The molecule has 1 fully saturated rings. The fourth-order valence-electron chi connectivity index (χ4n) is 3.19. The molecule has 0 aliphatic carbocycles. The Hall–Kier alpha value is -0.120. The lowest BCUT2D eigenvalue weighted by atomic mass is 9.89. The summed E-state index contributed by atoms with van der Waals surface area (Å²) in [6.45, 7) is 10.1. The molecule has 0 radical (unpaired) electrons. The number of nitrogens with one attached hydrogen (secondary N) is 1. The number of hydrogen-bond donors (Lipinski definition) is 2. The molecule has 114 valence electrons. The normalized spacial score (nSPS) is 24.8. The van der Waals surface area contributed by atoms with Gasteiger partial charge in [0, 0.05) is 25.7 Å². The van der Waals surface area contributed by atoms with Crippen LogP contribution in [0, 0.1) is 5.92 Å². The van der Waals surface area contributed by atoms with Crippen molar-refractivity contribution in [3.63, 3.8) is 0 Å². The summed E-state index contributed by atoms with van der Waals surface area (Å²) in [4.78, 5) is 2.54. The van der Waals surface area contributed by atoms with Gasteiger partial charge in [0.05, 0.1) is 0 Å². The van der Waals surface area contributed by atoms with Crippen LogP contribution in [0.15, 0.2) is 0 Å². The second kappa shape index (κ2) is 10.6. The Morgan fingerprint density at radius 1 is 1.16 bits per heavy atom. The van der Waals surface area contributed by atoms with Crippen molar-refractivity contribution in [3.8, 4) is 0 Å². The maximum Gasteiger partial charge on any atom is 0.0120 e. The van der Waals surface area contributed by atoms with Crippen molar-refractivity contribution in [1.29, 1.82) is 0 Å². The summed E-state index contributed by atoms with van der Waals surface area (Å²) < 4.78 is 0. The molecule has 1 aliphatic heterocycles. The Kier molecular flexibility index (Phi) is 9.48. The minimum Gasteiger partial charge on any atom is -0.329 e. The average molecular weight is 269 g/mol. The summed E-state index contributed by atoms with van der Waals surface area (Å²) in [5, 5.41) is 3.80. The fourth-order valence-corrected chi connectivity index (χ4v) is 3.19. The highest BCUT2D eigenvalue weighted by molar-refractivity contribution is 4.84. The largest absolute Gasteiger partial charge is 0.329 e. The smallest absolute Gasteiger partial charge is 0.0120 e. The van der Waals surface area contributed by atoms with Crippen LogP contribution in [0.3, 0.4) is 0 Å². The fraction of sp³-hybridized carbons (Fsp3) is 1.00. The first-order valence-electron chi connectivity index (χ1n) is 8.47. The highest BCUT2D eigenvalue weighted by Gasteiger charge is 2.26. The molecule has 1 aliphatic rings. The molecule has 3 nitrogen and oxygen atoms in total. The summed E-state index contributed by atoms with van der Waals surface area (Å²) in [5.41, 5.74) is 5.66. The zero-order valence-electron chi connectivity index (χ0n) is 13.2. The van der Waals surface area contributed by atoms with Gasteiger partial charge in [0.1, 0.15) is 0 Å². The molecule has 0 aromatic heterocycles. The third kappa shape index (κ3) is 6.73. The van der Waals surface area contributed by atoms with Crippen LogP contribution in [0.25, 0.3) is 0 Å². The first-order valence-corrected chi connectivity index (χ1v) is 8.47. The van der Waals surface area contributed by atoms with Crippen LogP contribution in [-0.2, 0) is 0 Å². The molecule has 3 heteroatoms. The summed E-state index contributed by atoms with van der Waals surface area (Å²) in [6, 6.07) is 0.741. The van der Waals surface area contributed by atoms with E-state index in [0.29, 0.717) is 0 Å². The Labute approximate surface area is 120 Å². The summed E-state index contributed by atoms with van der Waals surface area (Å²) in [7, 11) is 0. The van der Waals surface area contributed by atoms with Gasteiger partial charge in [-0.15, -0.1) is 0 Å². The topological polar surface area (TPSA) is 41.3 Å². The molecular weight excluding hydrogens is 234 g/mol. The quantitative estimate of drug-likeness (QED) is 0.599. The van der Waals surface area contributed by atoms with Crippen LogP contribution in [0.1, 0.15) is 58.8 Å². The molecule has 0 spiro atoms. The summed E-state index contributed by atoms with van der Waals surface area (Å²) in [5.74, 6) is 0.816. The molecule has 1 saturated heterocycles. The van der Waals surface area contributed by atoms with Crippen molar-refractivity contribution in [2.24, 2.45) is 11.7 Å². The second-order valence-electron chi connectivity index (χ2n) is 6.02. The van der Waals surface area contributed by atoms with Crippen LogP contribution < -0.4 is 11.1 Å². The molecule has 0 saturated carbocycles. The van der Waals surface area contributed by atoms with Gasteiger partial charge in [-0.3, -0.25) is 0 Å². The minimum absolute atomic E-state index is 0.741. The number of nitrogens with two attached hydrogens (primary N) is 1. The van der Waals surface area contributed by atoms with Crippen molar-refractivity contribution in [1.82, 2.24) is 10.2 Å². The van der Waals surface area contributed by atoms with E-state index in [1.807, 2.05) is 0 Å². The Bertz CT molecular complexity index is 208. The number of hydrogen-bond acceptors (Lipinski definition) is 3. The zero-order valence-corrected chi connectivity index (χ0v) is 13.2. The average Bonchev–Trinajstić information content (AvgIpc) is 2.44. The van der Waals surface area contributed by atoms with Crippen LogP contribution in [-0.4, -0.2) is 43.7 Å². The van der Waals surface area contributed by atoms with E-state index in [0.717, 1.165) is 25.0 Å². The molecule has 19 heavy (non-hydrogen) atoms. The number of nitrogens with zero attached hydrogens (tertiary/aromatic N) is 1. The van der Waals surface area contributed by atoms with Gasteiger partial charge in [0.15, 0.2) is 0 Å². The molecule has 1 heterocycles. The van der Waals surface area contributed by atoms with Gasteiger partial charge >= 0.3 is 0 Å². The number of likely N-dealkylation sites (tertiary alicyclic amines) is 1. The van der Waals surface area contributed by atoms with E-state index >= 15 is 0 Å². The molecule has 2 unspecified atom stereocenters. The van der Waals surface area contributed by atoms with E-state index in [1.54, 1.807) is 0 Å². The standard InChI is InChI=1S/C16H35N3/c1-3-5-6-7-8-11-18-16-9-12-19(13-10-17)14-15(16)4-2/h15-16,18H,3-14,17H2,1-2H3. The number of unbranched alkanes of at least 4 members (excludes halogenated alkanes) is 4. The second-order valence-corrected chi connectivity index (χ2v) is 6.02. The molecule has 0 aromatic rings.